The van der Waals surface area contributed by atoms with Gasteiger partial charge in [-0.25, -0.2) is 0 Å². The monoisotopic (exact) mass is 983 g/mol. The van der Waals surface area contributed by atoms with Gasteiger partial charge in [-0.05, 0) is 134 Å². The molecule has 3 nitrogen and oxygen atoms in total. The predicted molar refractivity (Wildman–Crippen MR) is 313 cm³/mol. The first-order valence-corrected chi connectivity index (χ1v) is 26.9. The molecule has 2 spiro atoms. The van der Waals surface area contributed by atoms with Crippen molar-refractivity contribution in [2.45, 2.75) is 23.7 Å². The largest absolute Gasteiger partial charge is 0.457 e. The summed E-state index contributed by atoms with van der Waals surface area (Å²) in [6, 6.07) is 95.7. The number of allylic oxidation sites excluding steroid dienone is 4. The number of nitrogens with zero attached hydrogens (tertiary/aromatic N) is 1. The molecule has 0 saturated heterocycles. The van der Waals surface area contributed by atoms with E-state index in [4.69, 9.17) is 9.47 Å². The molecule has 5 aliphatic rings. The standard InChI is InChI=1S/C74H49NO2/c1-2-22-48(23-3-1)49-24-20-25-51(46-49)75(66-38-14-6-26-52(66)50-44-45-54-53-27-4-8-31-58(53)74(65(54)47-50)62-35-12-18-42-70(62)77-71-43-19-13-36-63(71)74)67-39-15-7-28-55(67)56-30-21-37-64-72(56)57-29-5-9-32-59(57)73(64)60-33-10-16-40-68(60)76-69-41-17-11-34-61(69)73/h1-4,6-28,30-47H,5,29H2. The minimum Gasteiger partial charge on any atom is -0.457 e. The zero-order valence-corrected chi connectivity index (χ0v) is 42.2. The Morgan fingerprint density at radius 2 is 0.818 bits per heavy atom. The Labute approximate surface area is 449 Å². The number of para-hydroxylation sites is 6. The fourth-order valence-electron chi connectivity index (χ4n) is 14.1. The van der Waals surface area contributed by atoms with Crippen LogP contribution in [0.5, 0.6) is 23.0 Å². The van der Waals surface area contributed by atoms with Crippen LogP contribution in [-0.2, 0) is 10.8 Å². The van der Waals surface area contributed by atoms with E-state index in [-0.39, 0.29) is 0 Å². The van der Waals surface area contributed by atoms with E-state index >= 15 is 0 Å². The lowest BCUT2D eigenvalue weighted by Gasteiger charge is -2.40. The molecule has 0 atom stereocenters. The van der Waals surface area contributed by atoms with Gasteiger partial charge < -0.3 is 14.4 Å². The molecule has 0 amide bonds. The van der Waals surface area contributed by atoms with Crippen LogP contribution in [0.15, 0.2) is 279 Å². The fraction of sp³-hybridized carbons (Fsp3) is 0.0541. The minimum atomic E-state index is -0.600. The molecule has 16 rings (SSSR count). The van der Waals surface area contributed by atoms with Crippen molar-refractivity contribution in [1.29, 1.82) is 0 Å². The highest BCUT2D eigenvalue weighted by atomic mass is 16.5. The molecule has 0 fully saturated rings. The van der Waals surface area contributed by atoms with Crippen molar-refractivity contribution in [2.24, 2.45) is 0 Å². The van der Waals surface area contributed by atoms with E-state index < -0.39 is 10.8 Å². The Hall–Kier alpha value is -9.70. The topological polar surface area (TPSA) is 21.7 Å². The third kappa shape index (κ3) is 6.14. The summed E-state index contributed by atoms with van der Waals surface area (Å²) in [5.41, 5.74) is 24.1. The van der Waals surface area contributed by atoms with Gasteiger partial charge in [0.1, 0.15) is 23.0 Å². The van der Waals surface area contributed by atoms with Crippen molar-refractivity contribution >= 4 is 22.6 Å². The lowest BCUT2D eigenvalue weighted by atomic mass is 9.64. The van der Waals surface area contributed by atoms with Crippen LogP contribution in [0.3, 0.4) is 0 Å². The molecule has 2 aliphatic heterocycles. The van der Waals surface area contributed by atoms with Crippen LogP contribution in [0.25, 0.3) is 50.1 Å². The summed E-state index contributed by atoms with van der Waals surface area (Å²) < 4.78 is 13.5. The molecule has 3 aliphatic carbocycles. The molecule has 0 radical (unpaired) electrons. The summed E-state index contributed by atoms with van der Waals surface area (Å²) in [6.07, 6.45) is 6.72. The van der Waals surface area contributed by atoms with E-state index in [2.05, 4.69) is 278 Å². The Kier molecular flexibility index (Phi) is 9.59. The summed E-state index contributed by atoms with van der Waals surface area (Å²) in [7, 11) is 0. The van der Waals surface area contributed by atoms with Crippen molar-refractivity contribution in [3.63, 3.8) is 0 Å². The molecule has 0 unspecified atom stereocenters. The van der Waals surface area contributed by atoms with Gasteiger partial charge in [-0.15, -0.1) is 0 Å². The van der Waals surface area contributed by atoms with Gasteiger partial charge in [-0.1, -0.05) is 218 Å². The number of ether oxygens (including phenoxy) is 2. The third-order valence-electron chi connectivity index (χ3n) is 17.1. The summed E-state index contributed by atoms with van der Waals surface area (Å²) >= 11 is 0. The number of fused-ring (bicyclic) bond motifs is 17. The second kappa shape index (κ2) is 16.9. The summed E-state index contributed by atoms with van der Waals surface area (Å²) in [4.78, 5) is 2.52. The average Bonchev–Trinajstić information content (AvgIpc) is 3.82. The summed E-state index contributed by atoms with van der Waals surface area (Å²) in [6.45, 7) is 0. The van der Waals surface area contributed by atoms with E-state index in [0.29, 0.717) is 0 Å². The maximum Gasteiger partial charge on any atom is 0.132 e. The number of rotatable bonds is 6. The van der Waals surface area contributed by atoms with Gasteiger partial charge in [0, 0.05) is 39.1 Å². The number of benzene rings is 11. The van der Waals surface area contributed by atoms with E-state index in [9.17, 15) is 0 Å². The molecule has 2 heterocycles. The molecule has 0 aromatic heterocycles. The van der Waals surface area contributed by atoms with Crippen LogP contribution in [0, 0.1) is 0 Å². The fourth-order valence-corrected chi connectivity index (χ4v) is 14.1. The van der Waals surface area contributed by atoms with Crippen LogP contribution in [-0.4, -0.2) is 0 Å². The first-order valence-electron chi connectivity index (χ1n) is 26.9. The predicted octanol–water partition coefficient (Wildman–Crippen LogP) is 19.2. The quantitative estimate of drug-likeness (QED) is 0.166. The van der Waals surface area contributed by atoms with Crippen LogP contribution in [0.1, 0.15) is 57.3 Å². The second-order valence-corrected chi connectivity index (χ2v) is 20.8. The van der Waals surface area contributed by atoms with E-state index in [1.54, 1.807) is 0 Å². The number of anilines is 3. The maximum absolute atomic E-state index is 6.76. The third-order valence-corrected chi connectivity index (χ3v) is 17.1. The SMILES string of the molecule is C1=CC2=C(CC1)c1c(-c3ccccc3N(c3cccc(-c4ccccc4)c3)c3ccccc3-c3ccc4c(c3)C3(c5ccccc5Oc5ccccc53)c3ccccc3-4)cccc1C21c2ccccc2Oc2ccccc21. The van der Waals surface area contributed by atoms with Crippen LogP contribution >= 0.6 is 0 Å². The van der Waals surface area contributed by atoms with Crippen LogP contribution in [0.2, 0.25) is 0 Å². The highest BCUT2D eigenvalue weighted by molar-refractivity contribution is 6.01. The van der Waals surface area contributed by atoms with Crippen molar-refractivity contribution in [3.8, 4) is 67.5 Å². The van der Waals surface area contributed by atoms with Crippen LogP contribution in [0.4, 0.5) is 17.1 Å². The molecular formula is C74H49NO2. The van der Waals surface area contributed by atoms with Crippen molar-refractivity contribution in [1.82, 2.24) is 0 Å². The Balaban J connectivity index is 0.940. The Morgan fingerprint density at radius 1 is 0.325 bits per heavy atom. The molecule has 77 heavy (non-hydrogen) atoms. The summed E-state index contributed by atoms with van der Waals surface area (Å²) in [5.74, 6) is 3.58. The molecular weight excluding hydrogens is 935 g/mol. The lowest BCUT2D eigenvalue weighted by Crippen LogP contribution is -2.33. The first-order chi connectivity index (χ1) is 38.2. The first kappa shape index (κ1) is 43.7. The normalized spacial score (nSPS) is 15.0. The van der Waals surface area contributed by atoms with E-state index in [0.717, 1.165) is 86.3 Å². The molecule has 11 aromatic rings. The average molecular weight is 984 g/mol. The molecule has 11 aromatic carbocycles. The maximum atomic E-state index is 6.76. The Bertz CT molecular complexity index is 4220. The van der Waals surface area contributed by atoms with Gasteiger partial charge in [-0.2, -0.15) is 0 Å². The van der Waals surface area contributed by atoms with Crippen LogP contribution < -0.4 is 14.4 Å². The van der Waals surface area contributed by atoms with E-state index in [1.807, 2.05) is 0 Å². The van der Waals surface area contributed by atoms with Gasteiger partial charge in [-0.3, -0.25) is 0 Å². The van der Waals surface area contributed by atoms with Gasteiger partial charge in [0.2, 0.25) is 0 Å². The number of hydrogen-bond donors (Lipinski definition) is 0. The molecule has 0 N–H and O–H groups in total. The molecule has 0 saturated carbocycles. The lowest BCUT2D eigenvalue weighted by molar-refractivity contribution is 0.435. The smallest absolute Gasteiger partial charge is 0.132 e. The van der Waals surface area contributed by atoms with Gasteiger partial charge in [0.05, 0.1) is 22.2 Å². The number of hydrogen-bond acceptors (Lipinski definition) is 3. The zero-order valence-electron chi connectivity index (χ0n) is 42.2. The van der Waals surface area contributed by atoms with Crippen molar-refractivity contribution < 1.29 is 9.47 Å². The molecule has 3 heteroatoms. The Morgan fingerprint density at radius 3 is 1.49 bits per heavy atom. The summed E-state index contributed by atoms with van der Waals surface area (Å²) in [5, 5.41) is 0. The zero-order chi connectivity index (χ0) is 50.7. The van der Waals surface area contributed by atoms with Gasteiger partial charge >= 0.3 is 0 Å². The van der Waals surface area contributed by atoms with Gasteiger partial charge in [0.25, 0.3) is 0 Å². The van der Waals surface area contributed by atoms with Crippen molar-refractivity contribution in [2.75, 3.05) is 4.90 Å². The minimum absolute atomic E-state index is 0.551. The second-order valence-electron chi connectivity index (χ2n) is 20.8. The highest BCUT2D eigenvalue weighted by Gasteiger charge is 2.53. The molecule has 0 bridgehead atoms. The highest BCUT2D eigenvalue weighted by Crippen LogP contribution is 2.65. The van der Waals surface area contributed by atoms with E-state index in [1.165, 1.54) is 66.8 Å². The molecule has 362 valence electrons. The van der Waals surface area contributed by atoms with Gasteiger partial charge in [0.15, 0.2) is 0 Å². The van der Waals surface area contributed by atoms with Crippen molar-refractivity contribution in [3.05, 3.63) is 323 Å².